The van der Waals surface area contributed by atoms with Gasteiger partial charge in [0.15, 0.2) is 0 Å². The van der Waals surface area contributed by atoms with Crippen molar-refractivity contribution in [1.82, 2.24) is 4.90 Å². The number of likely N-dealkylation sites (tertiary alicyclic amines) is 1. The van der Waals surface area contributed by atoms with Gasteiger partial charge in [0.25, 0.3) is 0 Å². The number of primary amides is 1. The standard InChI is InChI=1S/C14H19N3O2S/c1-19-12-7-9(4-5-10(12)14(16)20)8-17-6-2-3-11(17)13(15)18/h4-5,7,11H,2-3,6,8H2,1H3,(H2,15,18)(H2,16,20). The number of nitrogens with zero attached hydrogens (tertiary/aromatic N) is 1. The fourth-order valence-corrected chi connectivity index (χ4v) is 2.78. The molecule has 4 N–H and O–H groups in total. The smallest absolute Gasteiger partial charge is 0.234 e. The van der Waals surface area contributed by atoms with Crippen LogP contribution in [0.4, 0.5) is 0 Å². The molecule has 1 atom stereocenters. The number of methoxy groups -OCH3 is 1. The van der Waals surface area contributed by atoms with Crippen LogP contribution in [0.25, 0.3) is 0 Å². The topological polar surface area (TPSA) is 81.6 Å². The van der Waals surface area contributed by atoms with Crippen LogP contribution in [-0.2, 0) is 11.3 Å². The van der Waals surface area contributed by atoms with Gasteiger partial charge in [-0.2, -0.15) is 0 Å². The van der Waals surface area contributed by atoms with E-state index in [1.165, 1.54) is 0 Å². The summed E-state index contributed by atoms with van der Waals surface area (Å²) in [4.78, 5) is 13.8. The van der Waals surface area contributed by atoms with E-state index in [0.717, 1.165) is 30.5 Å². The minimum Gasteiger partial charge on any atom is -0.496 e. The van der Waals surface area contributed by atoms with Gasteiger partial charge in [0, 0.05) is 6.54 Å². The molecule has 1 fully saturated rings. The van der Waals surface area contributed by atoms with Crippen molar-refractivity contribution >= 4 is 23.1 Å². The van der Waals surface area contributed by atoms with Gasteiger partial charge in [-0.15, -0.1) is 0 Å². The summed E-state index contributed by atoms with van der Waals surface area (Å²) in [5.74, 6) is 0.402. The van der Waals surface area contributed by atoms with Crippen LogP contribution in [0, 0.1) is 0 Å². The Morgan fingerprint density at radius 2 is 2.25 bits per heavy atom. The number of hydrogen-bond donors (Lipinski definition) is 2. The lowest BCUT2D eigenvalue weighted by atomic mass is 10.1. The number of carbonyl (C=O) groups excluding carboxylic acids is 1. The zero-order valence-electron chi connectivity index (χ0n) is 11.5. The summed E-state index contributed by atoms with van der Waals surface area (Å²) in [5, 5.41) is 0. The van der Waals surface area contributed by atoms with Crippen molar-refractivity contribution in [3.63, 3.8) is 0 Å². The molecule has 1 unspecified atom stereocenters. The third-order valence-electron chi connectivity index (χ3n) is 3.61. The van der Waals surface area contributed by atoms with Crippen molar-refractivity contribution in [2.45, 2.75) is 25.4 Å². The maximum atomic E-state index is 11.4. The van der Waals surface area contributed by atoms with Gasteiger partial charge in [0.2, 0.25) is 5.91 Å². The lowest BCUT2D eigenvalue weighted by Crippen LogP contribution is -2.39. The van der Waals surface area contributed by atoms with E-state index in [1.54, 1.807) is 7.11 Å². The molecule has 0 bridgehead atoms. The van der Waals surface area contributed by atoms with Crippen molar-refractivity contribution in [1.29, 1.82) is 0 Å². The molecule has 1 aromatic rings. The van der Waals surface area contributed by atoms with E-state index in [1.807, 2.05) is 18.2 Å². The molecule has 0 saturated carbocycles. The first kappa shape index (κ1) is 14.7. The quantitative estimate of drug-likeness (QED) is 0.784. The minimum atomic E-state index is -0.255. The molecule has 1 amide bonds. The molecule has 2 rings (SSSR count). The van der Waals surface area contributed by atoms with E-state index in [0.29, 0.717) is 17.3 Å². The molecule has 0 radical (unpaired) electrons. The van der Waals surface area contributed by atoms with E-state index in [4.69, 9.17) is 28.4 Å². The van der Waals surface area contributed by atoms with Gasteiger partial charge in [-0.3, -0.25) is 9.69 Å². The van der Waals surface area contributed by atoms with Crippen LogP contribution < -0.4 is 16.2 Å². The zero-order valence-corrected chi connectivity index (χ0v) is 12.3. The van der Waals surface area contributed by atoms with E-state index in [9.17, 15) is 4.79 Å². The molecule has 1 aliphatic rings. The lowest BCUT2D eigenvalue weighted by Gasteiger charge is -2.22. The third kappa shape index (κ3) is 3.08. The van der Waals surface area contributed by atoms with Crippen molar-refractivity contribution in [2.75, 3.05) is 13.7 Å². The van der Waals surface area contributed by atoms with E-state index in [-0.39, 0.29) is 11.9 Å². The number of carbonyl (C=O) groups is 1. The minimum absolute atomic E-state index is 0.170. The Balaban J connectivity index is 2.17. The summed E-state index contributed by atoms with van der Waals surface area (Å²) in [7, 11) is 1.59. The van der Waals surface area contributed by atoms with Crippen LogP contribution in [0.5, 0.6) is 5.75 Å². The first-order valence-electron chi connectivity index (χ1n) is 6.53. The van der Waals surface area contributed by atoms with Crippen molar-refractivity contribution in [3.8, 4) is 5.75 Å². The van der Waals surface area contributed by atoms with E-state index < -0.39 is 0 Å². The second-order valence-corrected chi connectivity index (χ2v) is 5.37. The van der Waals surface area contributed by atoms with Gasteiger partial charge in [-0.25, -0.2) is 0 Å². The second kappa shape index (κ2) is 6.19. The highest BCUT2D eigenvalue weighted by Gasteiger charge is 2.28. The summed E-state index contributed by atoms with van der Waals surface area (Å²) in [5.41, 5.74) is 12.8. The van der Waals surface area contributed by atoms with Crippen LogP contribution in [0.1, 0.15) is 24.0 Å². The molecular formula is C14H19N3O2S. The summed E-state index contributed by atoms with van der Waals surface area (Å²) in [6.07, 6.45) is 1.83. The highest BCUT2D eigenvalue weighted by molar-refractivity contribution is 7.80. The number of amides is 1. The predicted molar refractivity (Wildman–Crippen MR) is 81.5 cm³/mol. The number of thiocarbonyl (C=S) groups is 1. The maximum Gasteiger partial charge on any atom is 0.234 e. The van der Waals surface area contributed by atoms with Gasteiger partial charge in [-0.1, -0.05) is 18.3 Å². The molecule has 0 aromatic heterocycles. The average Bonchev–Trinajstić information content (AvgIpc) is 2.86. The van der Waals surface area contributed by atoms with Gasteiger partial charge >= 0.3 is 0 Å². The lowest BCUT2D eigenvalue weighted by molar-refractivity contribution is -0.122. The Labute approximate surface area is 123 Å². The van der Waals surface area contributed by atoms with Gasteiger partial charge in [-0.05, 0) is 37.1 Å². The fourth-order valence-electron chi connectivity index (χ4n) is 2.61. The molecule has 0 spiro atoms. The molecule has 1 heterocycles. The van der Waals surface area contributed by atoms with Gasteiger partial charge in [0.1, 0.15) is 10.7 Å². The summed E-state index contributed by atoms with van der Waals surface area (Å²) in [6, 6.07) is 5.54. The first-order chi connectivity index (χ1) is 9.52. The number of ether oxygens (including phenoxy) is 1. The Morgan fingerprint density at radius 1 is 1.50 bits per heavy atom. The molecule has 108 valence electrons. The average molecular weight is 293 g/mol. The molecule has 5 nitrogen and oxygen atoms in total. The molecule has 6 heteroatoms. The Kier molecular flexibility index (Phi) is 4.57. The van der Waals surface area contributed by atoms with Crippen molar-refractivity contribution in [3.05, 3.63) is 29.3 Å². The van der Waals surface area contributed by atoms with Crippen molar-refractivity contribution in [2.24, 2.45) is 11.5 Å². The summed E-state index contributed by atoms with van der Waals surface area (Å²) < 4.78 is 5.31. The monoisotopic (exact) mass is 293 g/mol. The molecular weight excluding hydrogens is 274 g/mol. The first-order valence-corrected chi connectivity index (χ1v) is 6.94. The number of nitrogens with two attached hydrogens (primary N) is 2. The van der Waals surface area contributed by atoms with Gasteiger partial charge in [0.05, 0.1) is 18.7 Å². The van der Waals surface area contributed by atoms with Crippen LogP contribution >= 0.6 is 12.2 Å². The van der Waals surface area contributed by atoms with E-state index >= 15 is 0 Å². The van der Waals surface area contributed by atoms with Crippen LogP contribution in [0.2, 0.25) is 0 Å². The molecule has 20 heavy (non-hydrogen) atoms. The Morgan fingerprint density at radius 3 is 2.85 bits per heavy atom. The molecule has 1 saturated heterocycles. The normalized spacial score (nSPS) is 18.9. The molecule has 1 aliphatic heterocycles. The maximum absolute atomic E-state index is 11.4. The van der Waals surface area contributed by atoms with Crippen molar-refractivity contribution < 1.29 is 9.53 Å². The van der Waals surface area contributed by atoms with Gasteiger partial charge < -0.3 is 16.2 Å². The highest BCUT2D eigenvalue weighted by atomic mass is 32.1. The Hall–Kier alpha value is -1.66. The SMILES string of the molecule is COc1cc(CN2CCCC2C(N)=O)ccc1C(N)=S. The highest BCUT2D eigenvalue weighted by Crippen LogP contribution is 2.24. The molecule has 0 aliphatic carbocycles. The summed E-state index contributed by atoms with van der Waals surface area (Å²) >= 11 is 4.98. The van der Waals surface area contributed by atoms with Crippen LogP contribution in [0.3, 0.4) is 0 Å². The number of benzene rings is 1. The summed E-state index contributed by atoms with van der Waals surface area (Å²) in [6.45, 7) is 1.55. The third-order valence-corrected chi connectivity index (χ3v) is 3.83. The number of rotatable bonds is 5. The Bertz CT molecular complexity index is 533. The van der Waals surface area contributed by atoms with Crippen LogP contribution in [0.15, 0.2) is 18.2 Å². The molecule has 1 aromatic carbocycles. The zero-order chi connectivity index (χ0) is 14.7. The fraction of sp³-hybridized carbons (Fsp3) is 0.429. The largest absolute Gasteiger partial charge is 0.496 e. The predicted octanol–water partition coefficient (Wildman–Crippen LogP) is 0.779. The second-order valence-electron chi connectivity index (χ2n) is 4.93. The number of hydrogen-bond acceptors (Lipinski definition) is 4. The van der Waals surface area contributed by atoms with E-state index in [2.05, 4.69) is 4.90 Å². The van der Waals surface area contributed by atoms with Crippen LogP contribution in [-0.4, -0.2) is 35.5 Å².